The second kappa shape index (κ2) is 4.15. The zero-order chi connectivity index (χ0) is 16.2. The smallest absolute Gasteiger partial charge is 0.203 e. The molecule has 25 heavy (non-hydrogen) atoms. The van der Waals surface area contributed by atoms with E-state index in [4.69, 9.17) is 14.2 Å². The van der Waals surface area contributed by atoms with Crippen LogP contribution in [0.15, 0.2) is 60.7 Å². The maximum Gasteiger partial charge on any atom is 0.203 e. The van der Waals surface area contributed by atoms with Gasteiger partial charge in [0.05, 0.1) is 0 Å². The molecule has 0 aromatic heterocycles. The van der Waals surface area contributed by atoms with Crippen LogP contribution in [-0.2, 0) is 25.8 Å². The molecule has 1 saturated carbocycles. The van der Waals surface area contributed by atoms with Crippen molar-refractivity contribution in [1.82, 2.24) is 5.32 Å². The van der Waals surface area contributed by atoms with Crippen LogP contribution in [0.4, 0.5) is 0 Å². The summed E-state index contributed by atoms with van der Waals surface area (Å²) in [5.41, 5.74) is 2.23. The fraction of sp³-hybridized carbons (Fsp3) is 0.429. The van der Waals surface area contributed by atoms with E-state index in [1.54, 1.807) is 0 Å². The van der Waals surface area contributed by atoms with Gasteiger partial charge in [-0.1, -0.05) is 60.7 Å². The Morgan fingerprint density at radius 3 is 1.68 bits per heavy atom. The molecule has 1 N–H and O–H groups in total. The molecule has 0 spiro atoms. The third kappa shape index (κ3) is 1.35. The summed E-state index contributed by atoms with van der Waals surface area (Å²) in [5.74, 6) is 0.270. The Kier molecular flexibility index (Phi) is 2.24. The first-order valence-electron chi connectivity index (χ1n) is 9.25. The second-order valence-corrected chi connectivity index (χ2v) is 8.03. The first kappa shape index (κ1) is 13.5. The molecule has 5 fully saturated rings. The molecule has 7 rings (SSSR count). The van der Waals surface area contributed by atoms with Crippen molar-refractivity contribution < 1.29 is 14.2 Å². The molecular weight excluding hydrogens is 314 g/mol. The van der Waals surface area contributed by atoms with E-state index in [0.717, 1.165) is 11.1 Å². The maximum absolute atomic E-state index is 6.87. The monoisotopic (exact) mass is 333 g/mol. The molecule has 4 aliphatic heterocycles. The Labute approximate surface area is 146 Å². The summed E-state index contributed by atoms with van der Waals surface area (Å²) in [6, 6.07) is 20.9. The van der Waals surface area contributed by atoms with E-state index in [9.17, 15) is 0 Å². The molecule has 2 aromatic carbocycles. The van der Waals surface area contributed by atoms with Crippen molar-refractivity contribution in [1.29, 1.82) is 0 Å². The van der Waals surface area contributed by atoms with Gasteiger partial charge in [0.15, 0.2) is 0 Å². The number of rotatable bonds is 2. The van der Waals surface area contributed by atoms with Crippen LogP contribution >= 0.6 is 0 Å². The van der Waals surface area contributed by atoms with Gasteiger partial charge in [-0.3, -0.25) is 5.32 Å². The molecule has 8 atom stereocenters. The van der Waals surface area contributed by atoms with Crippen LogP contribution in [0.3, 0.4) is 0 Å². The minimum atomic E-state index is -0.704. The van der Waals surface area contributed by atoms with Crippen molar-refractivity contribution in [3.8, 4) is 0 Å². The number of hydrogen-bond acceptors (Lipinski definition) is 4. The lowest BCUT2D eigenvalue weighted by Crippen LogP contribution is -2.52. The largest absolute Gasteiger partial charge is 0.327 e. The predicted molar refractivity (Wildman–Crippen MR) is 88.8 cm³/mol. The lowest BCUT2D eigenvalue weighted by Gasteiger charge is -2.39. The average Bonchev–Trinajstić information content (AvgIpc) is 3.33. The van der Waals surface area contributed by atoms with E-state index in [1.807, 2.05) is 12.1 Å². The van der Waals surface area contributed by atoms with Crippen molar-refractivity contribution in [2.75, 3.05) is 0 Å². The van der Waals surface area contributed by atoms with Crippen LogP contribution in [0.5, 0.6) is 0 Å². The van der Waals surface area contributed by atoms with Gasteiger partial charge in [0.2, 0.25) is 11.6 Å². The normalized spacial score (nSPS) is 50.7. The molecule has 0 radical (unpaired) electrons. The highest BCUT2D eigenvalue weighted by atomic mass is 16.8. The summed E-state index contributed by atoms with van der Waals surface area (Å²) < 4.78 is 20.1. The van der Waals surface area contributed by atoms with Crippen LogP contribution in [0, 0.1) is 23.7 Å². The second-order valence-electron chi connectivity index (χ2n) is 8.03. The van der Waals surface area contributed by atoms with Gasteiger partial charge in [-0.2, -0.15) is 0 Å². The third-order valence-corrected chi connectivity index (χ3v) is 7.10. The van der Waals surface area contributed by atoms with Gasteiger partial charge < -0.3 is 14.2 Å². The SMILES string of the molecule is c1ccc([C@]23O[C@@H]4N[C@@H]5O[C@](c6ccccc6)(O2)[C@@H]2[C@@H]5C[C@@H]4[C@H]23)cc1. The molecular formula is C21H19NO3. The highest BCUT2D eigenvalue weighted by Crippen LogP contribution is 2.75. The Morgan fingerprint density at radius 2 is 1.20 bits per heavy atom. The fourth-order valence-corrected chi connectivity index (χ4v) is 6.38. The highest BCUT2D eigenvalue weighted by Gasteiger charge is 2.82. The van der Waals surface area contributed by atoms with Crippen molar-refractivity contribution in [2.45, 2.75) is 30.5 Å². The molecule has 0 amide bonds. The lowest BCUT2D eigenvalue weighted by molar-refractivity contribution is -0.361. The molecule has 0 unspecified atom stereocenters. The van der Waals surface area contributed by atoms with Crippen molar-refractivity contribution in [2.24, 2.45) is 23.7 Å². The van der Waals surface area contributed by atoms with Crippen molar-refractivity contribution in [3.05, 3.63) is 71.8 Å². The fourth-order valence-electron chi connectivity index (χ4n) is 6.38. The molecule has 4 heterocycles. The van der Waals surface area contributed by atoms with Crippen molar-refractivity contribution >= 4 is 0 Å². The van der Waals surface area contributed by atoms with E-state index in [1.165, 1.54) is 6.42 Å². The number of nitrogens with one attached hydrogen (secondary N) is 1. The maximum atomic E-state index is 6.87. The molecule has 126 valence electrons. The summed E-state index contributed by atoms with van der Waals surface area (Å²) in [6.07, 6.45) is 1.24. The zero-order valence-corrected chi connectivity index (χ0v) is 13.7. The molecule has 4 heteroatoms. The quantitative estimate of drug-likeness (QED) is 0.917. The lowest BCUT2D eigenvalue weighted by atomic mass is 9.78. The number of benzene rings is 2. The van der Waals surface area contributed by atoms with Gasteiger partial charge in [-0.25, -0.2) is 0 Å². The minimum Gasteiger partial charge on any atom is -0.327 e. The summed E-state index contributed by atoms with van der Waals surface area (Å²) >= 11 is 0. The third-order valence-electron chi connectivity index (χ3n) is 7.10. The Hall–Kier alpha value is -1.72. The van der Waals surface area contributed by atoms with Gasteiger partial charge in [0.1, 0.15) is 12.5 Å². The standard InChI is InChI=1S/C21H19NO3/c1-3-7-12(8-4-1)20-16-14-11-15-17(16)21(25-20,13-9-5-2-6-10-13)24-19(15)22-18(14)23-20/h1-10,14-19,22H,11H2/t14-,15+,16-,17-,18+,19-,20+,21-/m1/s1. The van der Waals surface area contributed by atoms with Gasteiger partial charge in [0, 0.05) is 34.8 Å². The van der Waals surface area contributed by atoms with Crippen molar-refractivity contribution in [3.63, 3.8) is 0 Å². The van der Waals surface area contributed by atoms with E-state index >= 15 is 0 Å². The summed E-state index contributed by atoms with van der Waals surface area (Å²) in [5, 5.41) is 3.62. The van der Waals surface area contributed by atoms with Crippen LogP contribution < -0.4 is 5.32 Å². The Balaban J connectivity index is 1.49. The van der Waals surface area contributed by atoms with Crippen LogP contribution in [0.2, 0.25) is 0 Å². The van der Waals surface area contributed by atoms with Crippen LogP contribution in [-0.4, -0.2) is 12.5 Å². The Bertz CT molecular complexity index is 788. The topological polar surface area (TPSA) is 39.7 Å². The summed E-state index contributed by atoms with van der Waals surface area (Å²) in [6.45, 7) is 0. The van der Waals surface area contributed by atoms with E-state index in [2.05, 4.69) is 53.8 Å². The molecule has 4 nitrogen and oxygen atoms in total. The zero-order valence-electron chi connectivity index (χ0n) is 13.7. The average molecular weight is 333 g/mol. The minimum absolute atomic E-state index is 0.0329. The van der Waals surface area contributed by atoms with Gasteiger partial charge in [-0.15, -0.1) is 0 Å². The number of ether oxygens (including phenoxy) is 3. The van der Waals surface area contributed by atoms with E-state index in [0.29, 0.717) is 23.7 Å². The van der Waals surface area contributed by atoms with Gasteiger partial charge in [-0.05, 0) is 6.42 Å². The van der Waals surface area contributed by atoms with E-state index in [-0.39, 0.29) is 12.5 Å². The number of piperidine rings is 1. The first-order valence-corrected chi connectivity index (χ1v) is 9.25. The van der Waals surface area contributed by atoms with Gasteiger partial charge in [0.25, 0.3) is 0 Å². The molecule has 2 aromatic rings. The predicted octanol–water partition coefficient (Wildman–Crippen LogP) is 2.91. The van der Waals surface area contributed by atoms with E-state index < -0.39 is 11.6 Å². The number of hydrogen-bond donors (Lipinski definition) is 1. The molecule has 4 saturated heterocycles. The van der Waals surface area contributed by atoms with Gasteiger partial charge >= 0.3 is 0 Å². The Morgan fingerprint density at radius 1 is 0.720 bits per heavy atom. The molecule has 5 aliphatic rings. The molecule has 2 bridgehead atoms. The highest BCUT2D eigenvalue weighted by molar-refractivity contribution is 5.35. The first-order chi connectivity index (χ1) is 12.3. The summed E-state index contributed by atoms with van der Waals surface area (Å²) in [7, 11) is 0. The summed E-state index contributed by atoms with van der Waals surface area (Å²) in [4.78, 5) is 0. The molecule has 1 aliphatic carbocycles. The van der Waals surface area contributed by atoms with Crippen LogP contribution in [0.25, 0.3) is 0 Å². The van der Waals surface area contributed by atoms with Crippen LogP contribution in [0.1, 0.15) is 17.5 Å².